The predicted molar refractivity (Wildman–Crippen MR) is 50.7 cm³/mol. The van der Waals surface area contributed by atoms with Crippen LogP contribution in [0, 0.1) is 0 Å². The third kappa shape index (κ3) is 0.856. The summed E-state index contributed by atoms with van der Waals surface area (Å²) in [5.41, 5.74) is 3.48. The van der Waals surface area contributed by atoms with E-state index in [0.717, 1.165) is 11.2 Å². The van der Waals surface area contributed by atoms with E-state index in [1.807, 2.05) is 12.1 Å². The summed E-state index contributed by atoms with van der Waals surface area (Å²) < 4.78 is 0. The van der Waals surface area contributed by atoms with Crippen LogP contribution in [0.2, 0.25) is 0 Å². The Morgan fingerprint density at radius 1 is 1.15 bits per heavy atom. The van der Waals surface area contributed by atoms with Gasteiger partial charge in [-0.15, -0.1) is 0 Å². The molecule has 2 aromatic rings. The summed E-state index contributed by atoms with van der Waals surface area (Å²) in [5.74, 6) is 0.326. The van der Waals surface area contributed by atoms with Crippen molar-refractivity contribution in [3.05, 3.63) is 35.5 Å². The lowest BCUT2D eigenvalue weighted by Gasteiger charge is -1.90. The third-order valence-corrected chi connectivity index (χ3v) is 2.65. The number of rotatable bonds is 0. The van der Waals surface area contributed by atoms with Crippen molar-refractivity contribution in [1.29, 1.82) is 0 Å². The van der Waals surface area contributed by atoms with Gasteiger partial charge < -0.3 is 4.98 Å². The molecule has 0 radical (unpaired) electrons. The average molecular weight is 171 g/mol. The lowest BCUT2D eigenvalue weighted by atomic mass is 10.1. The second kappa shape index (κ2) is 2.22. The van der Waals surface area contributed by atoms with Gasteiger partial charge in [0.1, 0.15) is 5.78 Å². The standard InChI is InChI=1S/C11H9NO/c13-7-5-9-8-3-1-2-4-10(8)12-11(9)6-7/h1-4,12H,5-6H2. The van der Waals surface area contributed by atoms with Crippen molar-refractivity contribution in [2.45, 2.75) is 12.8 Å². The zero-order chi connectivity index (χ0) is 8.84. The number of benzene rings is 1. The average Bonchev–Trinajstić information content (AvgIpc) is 2.60. The molecule has 1 aromatic heterocycles. The first-order chi connectivity index (χ1) is 6.34. The number of Topliss-reactive ketones (excluding diaryl/α,β-unsaturated/α-hetero) is 1. The van der Waals surface area contributed by atoms with Gasteiger partial charge in [-0.3, -0.25) is 4.79 Å². The molecule has 0 bridgehead atoms. The maximum Gasteiger partial charge on any atom is 0.143 e. The fourth-order valence-electron chi connectivity index (χ4n) is 2.07. The lowest BCUT2D eigenvalue weighted by Crippen LogP contribution is -1.94. The van der Waals surface area contributed by atoms with Gasteiger partial charge in [-0.25, -0.2) is 0 Å². The molecular weight excluding hydrogens is 162 g/mol. The molecule has 1 aromatic carbocycles. The zero-order valence-corrected chi connectivity index (χ0v) is 7.13. The smallest absolute Gasteiger partial charge is 0.143 e. The van der Waals surface area contributed by atoms with E-state index in [4.69, 9.17) is 0 Å². The third-order valence-electron chi connectivity index (χ3n) is 2.65. The van der Waals surface area contributed by atoms with Gasteiger partial charge in [0.05, 0.1) is 0 Å². The summed E-state index contributed by atoms with van der Waals surface area (Å²) in [7, 11) is 0. The van der Waals surface area contributed by atoms with Crippen LogP contribution in [0.5, 0.6) is 0 Å². The highest BCUT2D eigenvalue weighted by atomic mass is 16.1. The quantitative estimate of drug-likeness (QED) is 0.644. The molecule has 1 aliphatic rings. The lowest BCUT2D eigenvalue weighted by molar-refractivity contribution is -0.117. The van der Waals surface area contributed by atoms with Crippen LogP contribution >= 0.6 is 0 Å². The van der Waals surface area contributed by atoms with Crippen molar-refractivity contribution in [2.75, 3.05) is 0 Å². The van der Waals surface area contributed by atoms with Crippen LogP contribution in [0.3, 0.4) is 0 Å². The van der Waals surface area contributed by atoms with Crippen LogP contribution in [0.1, 0.15) is 11.3 Å². The fraction of sp³-hybridized carbons (Fsp3) is 0.182. The summed E-state index contributed by atoms with van der Waals surface area (Å²) >= 11 is 0. The first-order valence-corrected chi connectivity index (χ1v) is 4.45. The number of hydrogen-bond donors (Lipinski definition) is 1. The summed E-state index contributed by atoms with van der Waals surface area (Å²) in [6.45, 7) is 0. The van der Waals surface area contributed by atoms with E-state index >= 15 is 0 Å². The van der Waals surface area contributed by atoms with E-state index in [2.05, 4.69) is 17.1 Å². The molecule has 0 aliphatic heterocycles. The van der Waals surface area contributed by atoms with Crippen LogP contribution in [0.25, 0.3) is 10.9 Å². The van der Waals surface area contributed by atoms with Gasteiger partial charge in [0.15, 0.2) is 0 Å². The van der Waals surface area contributed by atoms with E-state index in [0.29, 0.717) is 18.6 Å². The van der Waals surface area contributed by atoms with Crippen molar-refractivity contribution in [3.63, 3.8) is 0 Å². The Hall–Kier alpha value is -1.57. The van der Waals surface area contributed by atoms with Crippen molar-refractivity contribution < 1.29 is 4.79 Å². The summed E-state index contributed by atoms with van der Waals surface area (Å²) in [6.07, 6.45) is 1.20. The second-order valence-electron chi connectivity index (χ2n) is 3.52. The van der Waals surface area contributed by atoms with E-state index in [-0.39, 0.29) is 0 Å². The molecule has 2 heteroatoms. The number of fused-ring (bicyclic) bond motifs is 3. The highest BCUT2D eigenvalue weighted by molar-refractivity contribution is 5.96. The zero-order valence-electron chi connectivity index (χ0n) is 7.13. The van der Waals surface area contributed by atoms with Crippen molar-refractivity contribution in [2.24, 2.45) is 0 Å². The highest BCUT2D eigenvalue weighted by Gasteiger charge is 2.22. The monoisotopic (exact) mass is 171 g/mol. The SMILES string of the molecule is O=C1Cc2[nH]c3ccccc3c2C1. The van der Waals surface area contributed by atoms with Gasteiger partial charge in [-0.05, 0) is 11.6 Å². The van der Waals surface area contributed by atoms with E-state index in [1.165, 1.54) is 10.9 Å². The molecule has 0 atom stereocenters. The number of aromatic amines is 1. The minimum Gasteiger partial charge on any atom is -0.358 e. The summed E-state index contributed by atoms with van der Waals surface area (Å²) in [5, 5.41) is 1.21. The predicted octanol–water partition coefficient (Wildman–Crippen LogP) is 1.84. The van der Waals surface area contributed by atoms with Gasteiger partial charge in [-0.1, -0.05) is 18.2 Å². The van der Waals surface area contributed by atoms with Gasteiger partial charge in [0.2, 0.25) is 0 Å². The van der Waals surface area contributed by atoms with Crippen molar-refractivity contribution in [3.8, 4) is 0 Å². The molecule has 0 fully saturated rings. The number of carbonyl (C=O) groups is 1. The number of para-hydroxylation sites is 1. The topological polar surface area (TPSA) is 32.9 Å². The number of aromatic nitrogens is 1. The minimum atomic E-state index is 0.326. The Kier molecular flexibility index (Phi) is 1.18. The molecule has 0 amide bonds. The molecule has 3 rings (SSSR count). The van der Waals surface area contributed by atoms with Crippen LogP contribution in [-0.2, 0) is 17.6 Å². The fourth-order valence-corrected chi connectivity index (χ4v) is 2.07. The van der Waals surface area contributed by atoms with Crippen LogP contribution in [0.4, 0.5) is 0 Å². The normalized spacial score (nSPS) is 15.2. The molecular formula is C11H9NO. The van der Waals surface area contributed by atoms with Crippen molar-refractivity contribution in [1.82, 2.24) is 4.98 Å². The van der Waals surface area contributed by atoms with Gasteiger partial charge in [0, 0.05) is 29.4 Å². The molecule has 13 heavy (non-hydrogen) atoms. The molecule has 1 aliphatic carbocycles. The Labute approximate surface area is 75.6 Å². The Morgan fingerprint density at radius 2 is 2.00 bits per heavy atom. The van der Waals surface area contributed by atoms with Gasteiger partial charge in [-0.2, -0.15) is 0 Å². The summed E-state index contributed by atoms with van der Waals surface area (Å²) in [4.78, 5) is 14.5. The van der Waals surface area contributed by atoms with Gasteiger partial charge >= 0.3 is 0 Å². The highest BCUT2D eigenvalue weighted by Crippen LogP contribution is 2.27. The second-order valence-corrected chi connectivity index (χ2v) is 3.52. The molecule has 1 N–H and O–H groups in total. The van der Waals surface area contributed by atoms with Gasteiger partial charge in [0.25, 0.3) is 0 Å². The molecule has 2 nitrogen and oxygen atoms in total. The number of hydrogen-bond acceptors (Lipinski definition) is 1. The largest absolute Gasteiger partial charge is 0.358 e. The van der Waals surface area contributed by atoms with E-state index in [1.54, 1.807) is 0 Å². The molecule has 0 saturated heterocycles. The number of ketones is 1. The molecule has 0 spiro atoms. The van der Waals surface area contributed by atoms with Crippen LogP contribution < -0.4 is 0 Å². The Bertz CT molecular complexity index is 496. The maximum atomic E-state index is 11.2. The molecule has 64 valence electrons. The number of H-pyrrole nitrogens is 1. The maximum absolute atomic E-state index is 11.2. The first-order valence-electron chi connectivity index (χ1n) is 4.45. The van der Waals surface area contributed by atoms with Crippen molar-refractivity contribution >= 4 is 16.7 Å². The molecule has 1 heterocycles. The summed E-state index contributed by atoms with van der Waals surface area (Å²) in [6, 6.07) is 8.15. The van der Waals surface area contributed by atoms with Crippen LogP contribution in [0.15, 0.2) is 24.3 Å². The molecule has 0 unspecified atom stereocenters. The minimum absolute atomic E-state index is 0.326. The van der Waals surface area contributed by atoms with E-state index < -0.39 is 0 Å². The van der Waals surface area contributed by atoms with Crippen LogP contribution in [-0.4, -0.2) is 10.8 Å². The number of nitrogens with one attached hydrogen (secondary N) is 1. The van der Waals surface area contributed by atoms with E-state index in [9.17, 15) is 4.79 Å². The Morgan fingerprint density at radius 3 is 2.92 bits per heavy atom. The number of carbonyl (C=O) groups excluding carboxylic acids is 1. The Balaban J connectivity index is 2.37. The first kappa shape index (κ1) is 6.89. The molecule has 0 saturated carbocycles.